The van der Waals surface area contributed by atoms with Gasteiger partial charge in [0.2, 0.25) is 0 Å². The van der Waals surface area contributed by atoms with Crippen molar-refractivity contribution in [2.75, 3.05) is 14.2 Å². The van der Waals surface area contributed by atoms with Crippen LogP contribution in [0.3, 0.4) is 0 Å². The Morgan fingerprint density at radius 1 is 0.933 bits per heavy atom. The Labute approximate surface area is 178 Å². The van der Waals surface area contributed by atoms with Gasteiger partial charge in [-0.25, -0.2) is 4.39 Å². The first-order valence-electron chi connectivity index (χ1n) is 10.2. The molecule has 0 aliphatic heterocycles. The van der Waals surface area contributed by atoms with Crippen molar-refractivity contribution in [1.29, 1.82) is 0 Å². The van der Waals surface area contributed by atoms with E-state index in [2.05, 4.69) is 41.5 Å². The number of ether oxygens (including phenoxy) is 1. The number of aryl methyl sites for hydroxylation is 1. The lowest BCUT2D eigenvalue weighted by Gasteiger charge is -2.28. The maximum Gasteiger partial charge on any atom is 0.123 e. The quantitative estimate of drug-likeness (QED) is 0.463. The van der Waals surface area contributed by atoms with Gasteiger partial charge in [0.25, 0.3) is 0 Å². The summed E-state index contributed by atoms with van der Waals surface area (Å²) in [6, 6.07) is 25.1. The topological polar surface area (TPSA) is 33.3 Å². The summed E-state index contributed by atoms with van der Waals surface area (Å²) in [6.07, 6.45) is 1.74. The summed E-state index contributed by atoms with van der Waals surface area (Å²) in [6.45, 7) is 4.20. The largest absolute Gasteiger partial charge is 0.497 e. The van der Waals surface area contributed by atoms with Crippen molar-refractivity contribution in [2.45, 2.75) is 24.9 Å². The lowest BCUT2D eigenvalue weighted by Crippen LogP contribution is -2.31. The standard InChI is InChI=1S/C26H29FN2O/c1-19(28-2)26(22-7-5-4-6-8-22)29-25(21-12-14-23(27)15-13-21)18-11-20-9-16-24(30-3)17-10-20/h4-10,12-17,25-26,28-29H,1,11,18H2,2-3H3/t25-,26?/m0/s1. The van der Waals surface area contributed by atoms with Gasteiger partial charge in [0.05, 0.1) is 13.2 Å². The van der Waals surface area contributed by atoms with E-state index in [9.17, 15) is 4.39 Å². The lowest BCUT2D eigenvalue weighted by molar-refractivity contribution is 0.414. The lowest BCUT2D eigenvalue weighted by atomic mass is 9.95. The van der Waals surface area contributed by atoms with Gasteiger partial charge in [-0.05, 0) is 53.8 Å². The third kappa shape index (κ3) is 5.71. The second-order valence-electron chi connectivity index (χ2n) is 7.28. The van der Waals surface area contributed by atoms with E-state index in [0.29, 0.717) is 0 Å². The van der Waals surface area contributed by atoms with E-state index in [-0.39, 0.29) is 17.9 Å². The fourth-order valence-corrected chi connectivity index (χ4v) is 3.53. The zero-order chi connectivity index (χ0) is 21.3. The van der Waals surface area contributed by atoms with Crippen LogP contribution >= 0.6 is 0 Å². The number of likely N-dealkylation sites (N-methyl/N-ethyl adjacent to an activating group) is 1. The van der Waals surface area contributed by atoms with Crippen LogP contribution in [-0.2, 0) is 6.42 Å². The molecule has 2 atom stereocenters. The predicted molar refractivity (Wildman–Crippen MR) is 121 cm³/mol. The van der Waals surface area contributed by atoms with Gasteiger partial charge in [-0.15, -0.1) is 0 Å². The zero-order valence-electron chi connectivity index (χ0n) is 17.6. The van der Waals surface area contributed by atoms with Crippen molar-refractivity contribution >= 4 is 0 Å². The molecule has 0 aliphatic carbocycles. The molecule has 2 N–H and O–H groups in total. The Morgan fingerprint density at radius 3 is 2.20 bits per heavy atom. The summed E-state index contributed by atoms with van der Waals surface area (Å²) >= 11 is 0. The van der Waals surface area contributed by atoms with Gasteiger partial charge in [-0.1, -0.05) is 61.2 Å². The third-order valence-corrected chi connectivity index (χ3v) is 5.32. The molecule has 30 heavy (non-hydrogen) atoms. The number of nitrogens with one attached hydrogen (secondary N) is 2. The van der Waals surface area contributed by atoms with Gasteiger partial charge < -0.3 is 10.1 Å². The van der Waals surface area contributed by atoms with E-state index >= 15 is 0 Å². The fourth-order valence-electron chi connectivity index (χ4n) is 3.53. The van der Waals surface area contributed by atoms with E-state index < -0.39 is 0 Å². The van der Waals surface area contributed by atoms with Crippen LogP contribution < -0.4 is 15.4 Å². The molecule has 3 aromatic rings. The van der Waals surface area contributed by atoms with E-state index in [1.54, 1.807) is 7.11 Å². The van der Waals surface area contributed by atoms with Crippen molar-refractivity contribution < 1.29 is 9.13 Å². The van der Waals surface area contributed by atoms with Gasteiger partial charge in [0, 0.05) is 18.8 Å². The molecule has 3 rings (SSSR count). The number of methoxy groups -OCH3 is 1. The molecule has 0 aliphatic rings. The third-order valence-electron chi connectivity index (χ3n) is 5.32. The monoisotopic (exact) mass is 404 g/mol. The maximum atomic E-state index is 13.5. The summed E-state index contributed by atoms with van der Waals surface area (Å²) in [5.74, 6) is 0.619. The zero-order valence-corrected chi connectivity index (χ0v) is 17.6. The molecule has 0 amide bonds. The van der Waals surface area contributed by atoms with Crippen LogP contribution in [0.2, 0.25) is 0 Å². The number of hydrogen-bond acceptors (Lipinski definition) is 3. The SMILES string of the molecule is C=C(NC)C(N[C@@H](CCc1ccc(OC)cc1)c1ccc(F)cc1)c1ccccc1. The van der Waals surface area contributed by atoms with Gasteiger partial charge in [-0.2, -0.15) is 0 Å². The molecule has 0 fully saturated rings. The number of rotatable bonds is 10. The Morgan fingerprint density at radius 2 is 1.60 bits per heavy atom. The van der Waals surface area contributed by atoms with E-state index in [1.807, 2.05) is 49.5 Å². The predicted octanol–water partition coefficient (Wildman–Crippen LogP) is 5.57. The minimum absolute atomic E-state index is 0.0306. The van der Waals surface area contributed by atoms with Crippen molar-refractivity contribution in [2.24, 2.45) is 0 Å². The average molecular weight is 405 g/mol. The number of halogens is 1. The fraction of sp³-hybridized carbons (Fsp3) is 0.231. The smallest absolute Gasteiger partial charge is 0.123 e. The molecule has 3 nitrogen and oxygen atoms in total. The molecule has 0 radical (unpaired) electrons. The Balaban J connectivity index is 1.83. The van der Waals surface area contributed by atoms with Gasteiger partial charge in [0.15, 0.2) is 0 Å². The summed E-state index contributed by atoms with van der Waals surface area (Å²) < 4.78 is 18.8. The van der Waals surface area contributed by atoms with Crippen molar-refractivity contribution in [3.8, 4) is 5.75 Å². The molecule has 0 aromatic heterocycles. The molecule has 156 valence electrons. The Hall–Kier alpha value is -3.11. The highest BCUT2D eigenvalue weighted by Crippen LogP contribution is 2.27. The second kappa shape index (κ2) is 10.6. The van der Waals surface area contributed by atoms with Crippen molar-refractivity contribution in [3.05, 3.63) is 114 Å². The highest BCUT2D eigenvalue weighted by atomic mass is 19.1. The molecule has 0 saturated carbocycles. The van der Waals surface area contributed by atoms with Crippen LogP contribution in [0.4, 0.5) is 4.39 Å². The number of hydrogen-bond donors (Lipinski definition) is 2. The van der Waals surface area contributed by atoms with Crippen molar-refractivity contribution in [1.82, 2.24) is 10.6 Å². The summed E-state index contributed by atoms with van der Waals surface area (Å²) in [4.78, 5) is 0. The van der Waals surface area contributed by atoms with Crippen LogP contribution in [-0.4, -0.2) is 14.2 Å². The Bertz CT molecular complexity index is 924. The van der Waals surface area contributed by atoms with Crippen LogP contribution in [0, 0.1) is 5.82 Å². The molecule has 0 spiro atoms. The molecule has 3 aromatic carbocycles. The van der Waals surface area contributed by atoms with Gasteiger partial charge in [-0.3, -0.25) is 5.32 Å². The molecular weight excluding hydrogens is 375 g/mol. The van der Waals surface area contributed by atoms with Crippen LogP contribution in [0.5, 0.6) is 5.75 Å². The maximum absolute atomic E-state index is 13.5. The molecule has 1 unspecified atom stereocenters. The van der Waals surface area contributed by atoms with Crippen LogP contribution in [0.15, 0.2) is 91.1 Å². The Kier molecular flexibility index (Phi) is 7.63. The van der Waals surface area contributed by atoms with E-state index in [1.165, 1.54) is 17.7 Å². The molecule has 0 bridgehead atoms. The summed E-state index contributed by atoms with van der Waals surface area (Å²) in [5, 5.41) is 6.93. The van der Waals surface area contributed by atoms with Crippen LogP contribution in [0.25, 0.3) is 0 Å². The van der Waals surface area contributed by atoms with Gasteiger partial charge in [0.1, 0.15) is 11.6 Å². The highest BCUT2D eigenvalue weighted by molar-refractivity contribution is 5.30. The summed E-state index contributed by atoms with van der Waals surface area (Å²) in [5.41, 5.74) is 4.30. The average Bonchev–Trinajstić information content (AvgIpc) is 2.80. The van der Waals surface area contributed by atoms with E-state index in [4.69, 9.17) is 4.74 Å². The number of benzene rings is 3. The first-order valence-corrected chi connectivity index (χ1v) is 10.2. The van der Waals surface area contributed by atoms with Gasteiger partial charge >= 0.3 is 0 Å². The highest BCUT2D eigenvalue weighted by Gasteiger charge is 2.20. The first kappa shape index (κ1) is 21.6. The minimum atomic E-state index is -0.230. The minimum Gasteiger partial charge on any atom is -0.497 e. The molecule has 0 heterocycles. The molecular formula is C26H29FN2O. The normalized spacial score (nSPS) is 12.8. The molecule has 0 saturated heterocycles. The first-order chi connectivity index (χ1) is 14.6. The molecule has 4 heteroatoms. The summed E-state index contributed by atoms with van der Waals surface area (Å²) in [7, 11) is 3.55. The second-order valence-corrected chi connectivity index (χ2v) is 7.28. The van der Waals surface area contributed by atoms with Crippen molar-refractivity contribution in [3.63, 3.8) is 0 Å². The van der Waals surface area contributed by atoms with Crippen LogP contribution in [0.1, 0.15) is 35.2 Å². The van der Waals surface area contributed by atoms with E-state index in [0.717, 1.165) is 35.4 Å².